The molecule has 9 nitrogen and oxygen atoms in total. The van der Waals surface area contributed by atoms with Crippen LogP contribution in [-0.4, -0.2) is 97.7 Å². The van der Waals surface area contributed by atoms with Crippen LogP contribution in [0.4, 0.5) is 5.82 Å². The first-order valence-corrected chi connectivity index (χ1v) is 13.1. The van der Waals surface area contributed by atoms with Gasteiger partial charge in [-0.15, -0.1) is 0 Å². The minimum Gasteiger partial charge on any atom is -0.495 e. The van der Waals surface area contributed by atoms with Gasteiger partial charge in [0.05, 0.1) is 36.0 Å². The number of aliphatic hydroxyl groups is 1. The number of aromatic nitrogens is 2. The van der Waals surface area contributed by atoms with Crippen LogP contribution in [0, 0.1) is 0 Å². The van der Waals surface area contributed by atoms with Crippen LogP contribution in [0.3, 0.4) is 0 Å². The average molecular weight is 562 g/mol. The van der Waals surface area contributed by atoms with Crippen molar-refractivity contribution in [2.45, 2.75) is 18.3 Å². The Morgan fingerprint density at radius 1 is 1.08 bits per heavy atom. The molecule has 3 atom stereocenters. The van der Waals surface area contributed by atoms with Crippen LogP contribution in [0.2, 0.25) is 10.0 Å². The van der Waals surface area contributed by atoms with Gasteiger partial charge >= 0.3 is 0 Å². The smallest absolute Gasteiger partial charge is 0.141 e. The van der Waals surface area contributed by atoms with E-state index in [2.05, 4.69) is 51.1 Å². The quantitative estimate of drug-likeness (QED) is 0.239. The zero-order valence-electron chi connectivity index (χ0n) is 22.0. The highest BCUT2D eigenvalue weighted by Gasteiger charge is 2.33. The van der Waals surface area contributed by atoms with Gasteiger partial charge in [0, 0.05) is 67.0 Å². The van der Waals surface area contributed by atoms with E-state index >= 15 is 0 Å². The summed E-state index contributed by atoms with van der Waals surface area (Å²) in [5, 5.41) is 19.4. The highest BCUT2D eigenvalue weighted by molar-refractivity contribution is 6.41. The van der Waals surface area contributed by atoms with E-state index in [1.54, 1.807) is 18.5 Å². The van der Waals surface area contributed by atoms with Gasteiger partial charge in [0.15, 0.2) is 0 Å². The highest BCUT2D eigenvalue weighted by Crippen LogP contribution is 2.45. The zero-order chi connectivity index (χ0) is 27.4. The molecule has 3 heterocycles. The van der Waals surface area contributed by atoms with Gasteiger partial charge in [-0.3, -0.25) is 15.2 Å². The first kappa shape index (κ1) is 28.4. The summed E-state index contributed by atoms with van der Waals surface area (Å²) in [6.45, 7) is 7.20. The molecular formula is C27H34Cl2N6O3. The zero-order valence-corrected chi connectivity index (χ0v) is 23.6. The summed E-state index contributed by atoms with van der Waals surface area (Å²) in [6, 6.07) is 5.57. The Morgan fingerprint density at radius 2 is 1.71 bits per heavy atom. The molecule has 0 aliphatic carbocycles. The molecule has 11 heteroatoms. The lowest BCUT2D eigenvalue weighted by atomic mass is 10.1. The second kappa shape index (κ2) is 12.5. The third-order valence-electron chi connectivity index (χ3n) is 6.63. The minimum absolute atomic E-state index is 0.0236. The molecule has 4 rings (SSSR count). The molecule has 0 radical (unpaired) electrons. The summed E-state index contributed by atoms with van der Waals surface area (Å²) in [4.78, 5) is 13.8. The predicted octanol–water partition coefficient (Wildman–Crippen LogP) is 3.74. The van der Waals surface area contributed by atoms with Gasteiger partial charge in [-0.2, -0.15) is 0 Å². The Hall–Kier alpha value is -2.66. The van der Waals surface area contributed by atoms with Crippen molar-refractivity contribution in [1.29, 1.82) is 0 Å². The Labute approximate surface area is 233 Å². The molecule has 3 aromatic rings. The van der Waals surface area contributed by atoms with E-state index in [1.165, 1.54) is 20.3 Å². The summed E-state index contributed by atoms with van der Waals surface area (Å²) in [7, 11) is 7.20. The van der Waals surface area contributed by atoms with Gasteiger partial charge in [0.2, 0.25) is 0 Å². The van der Waals surface area contributed by atoms with Crippen molar-refractivity contribution in [2.75, 3.05) is 59.8 Å². The molecule has 1 saturated heterocycles. The highest BCUT2D eigenvalue weighted by atomic mass is 35.5. The number of halogens is 2. The number of pyridine rings is 2. The largest absolute Gasteiger partial charge is 0.495 e. The number of ether oxygens (including phenoxy) is 2. The maximum absolute atomic E-state index is 10.1. The molecule has 1 aliphatic rings. The van der Waals surface area contributed by atoms with Gasteiger partial charge in [-0.1, -0.05) is 29.8 Å². The third-order valence-corrected chi connectivity index (χ3v) is 7.38. The van der Waals surface area contributed by atoms with Crippen molar-refractivity contribution in [3.8, 4) is 22.8 Å². The van der Waals surface area contributed by atoms with Gasteiger partial charge in [0.1, 0.15) is 23.5 Å². The van der Waals surface area contributed by atoms with E-state index in [-0.39, 0.29) is 12.1 Å². The normalized spacial score (nSPS) is 18.6. The number of hydrogen-bond donors (Lipinski definition) is 3. The Balaban J connectivity index is 1.58. The van der Waals surface area contributed by atoms with E-state index in [0.717, 1.165) is 42.8 Å². The number of fused-ring (bicyclic) bond motifs is 1. The Kier molecular flexibility index (Phi) is 9.30. The molecule has 0 saturated carbocycles. The van der Waals surface area contributed by atoms with Crippen LogP contribution in [0.1, 0.15) is 0 Å². The first-order chi connectivity index (χ1) is 18.2. The minimum atomic E-state index is -0.779. The van der Waals surface area contributed by atoms with E-state index in [1.807, 2.05) is 12.1 Å². The number of anilines is 1. The third kappa shape index (κ3) is 6.31. The topological polar surface area (TPSA) is 95.0 Å². The van der Waals surface area contributed by atoms with E-state index < -0.39 is 6.23 Å². The molecule has 1 fully saturated rings. The lowest BCUT2D eigenvalue weighted by molar-refractivity contribution is 0.165. The summed E-state index contributed by atoms with van der Waals surface area (Å²) in [6.07, 6.45) is 4.28. The standard InChI is InChI=1S/C27H34Cl2N6O3/c1-6-24(36)33-20-15-35(8-7-34(2)3)14-19(20)32-23-10-17-12-30-18(9-16(17)13-31-23)25-26(28)21(37-4)11-22(38-5)27(25)29/h6,9-13,19-20,24,33,36H,1,7-8,14-15H2,2-5H3,(H,31,32)/t19-,20+,24?/m1/s1. The number of hydrogen-bond acceptors (Lipinski definition) is 9. The second-order valence-corrected chi connectivity index (χ2v) is 10.3. The van der Waals surface area contributed by atoms with Gasteiger partial charge < -0.3 is 24.8 Å². The van der Waals surface area contributed by atoms with Crippen LogP contribution in [0.15, 0.2) is 43.2 Å². The number of rotatable bonds is 11. The fourth-order valence-corrected chi connectivity index (χ4v) is 5.26. The fraction of sp³-hybridized carbons (Fsp3) is 0.407. The summed E-state index contributed by atoms with van der Waals surface area (Å²) >= 11 is 13.2. The molecule has 1 aliphatic heterocycles. The van der Waals surface area contributed by atoms with Gasteiger partial charge in [-0.05, 0) is 32.3 Å². The number of likely N-dealkylation sites (N-methyl/N-ethyl adjacent to an activating group) is 1. The van der Waals surface area contributed by atoms with E-state index in [0.29, 0.717) is 32.8 Å². The van der Waals surface area contributed by atoms with Crippen molar-refractivity contribution < 1.29 is 14.6 Å². The molecule has 1 unspecified atom stereocenters. The maximum Gasteiger partial charge on any atom is 0.141 e. The van der Waals surface area contributed by atoms with Crippen molar-refractivity contribution in [1.82, 2.24) is 25.1 Å². The number of nitrogens with one attached hydrogen (secondary N) is 2. The molecular weight excluding hydrogens is 527 g/mol. The molecule has 0 bridgehead atoms. The molecule has 38 heavy (non-hydrogen) atoms. The number of benzene rings is 1. The van der Waals surface area contributed by atoms with Crippen LogP contribution < -0.4 is 20.1 Å². The first-order valence-electron chi connectivity index (χ1n) is 12.3. The monoisotopic (exact) mass is 560 g/mol. The number of likely N-dealkylation sites (tertiary alicyclic amines) is 1. The predicted molar refractivity (Wildman–Crippen MR) is 154 cm³/mol. The Bertz CT molecular complexity index is 1260. The van der Waals surface area contributed by atoms with Crippen molar-refractivity contribution in [2.24, 2.45) is 0 Å². The van der Waals surface area contributed by atoms with Crippen LogP contribution in [0.5, 0.6) is 11.5 Å². The molecule has 3 N–H and O–H groups in total. The molecule has 0 spiro atoms. The fourth-order valence-electron chi connectivity index (χ4n) is 4.57. The van der Waals surface area contributed by atoms with E-state index in [4.69, 9.17) is 32.7 Å². The molecule has 0 amide bonds. The molecule has 204 valence electrons. The summed E-state index contributed by atoms with van der Waals surface area (Å²) in [5.41, 5.74) is 1.12. The van der Waals surface area contributed by atoms with Crippen LogP contribution >= 0.6 is 23.2 Å². The summed E-state index contributed by atoms with van der Waals surface area (Å²) in [5.74, 6) is 1.62. The number of methoxy groups -OCH3 is 2. The maximum atomic E-state index is 10.1. The molecule has 2 aromatic heterocycles. The lowest BCUT2D eigenvalue weighted by Crippen LogP contribution is -2.47. The molecule has 1 aromatic carbocycles. The Morgan fingerprint density at radius 3 is 2.34 bits per heavy atom. The number of aliphatic hydroxyl groups excluding tert-OH is 1. The van der Waals surface area contributed by atoms with Crippen molar-refractivity contribution >= 4 is 39.8 Å². The second-order valence-electron chi connectivity index (χ2n) is 9.54. The average Bonchev–Trinajstić information content (AvgIpc) is 3.28. The lowest BCUT2D eigenvalue weighted by Gasteiger charge is -2.23. The SMILES string of the molecule is C=CC(O)N[C@H]1CN(CCN(C)C)C[C@H]1Nc1cc2cnc(-c3c(Cl)c(OC)cc(OC)c3Cl)cc2cn1. The van der Waals surface area contributed by atoms with E-state index in [9.17, 15) is 5.11 Å². The van der Waals surface area contributed by atoms with Crippen LogP contribution in [0.25, 0.3) is 22.0 Å². The van der Waals surface area contributed by atoms with Crippen LogP contribution in [-0.2, 0) is 0 Å². The van der Waals surface area contributed by atoms with Crippen molar-refractivity contribution in [3.63, 3.8) is 0 Å². The summed E-state index contributed by atoms with van der Waals surface area (Å²) < 4.78 is 10.8. The van der Waals surface area contributed by atoms with Gasteiger partial charge in [0.25, 0.3) is 0 Å². The number of nitrogens with zero attached hydrogens (tertiary/aromatic N) is 4. The van der Waals surface area contributed by atoms with Crippen molar-refractivity contribution in [3.05, 3.63) is 53.3 Å². The van der Waals surface area contributed by atoms with Gasteiger partial charge in [-0.25, -0.2) is 4.98 Å².